The Labute approximate surface area is 163 Å². The molecule has 28 heavy (non-hydrogen) atoms. The van der Waals surface area contributed by atoms with E-state index in [-0.39, 0.29) is 0 Å². The van der Waals surface area contributed by atoms with E-state index >= 15 is 0 Å². The number of nitrogens with one attached hydrogen (secondary N) is 2. The first kappa shape index (κ1) is 17.5. The Hall–Kier alpha value is -3.93. The van der Waals surface area contributed by atoms with E-state index in [1.807, 2.05) is 85.8 Å². The van der Waals surface area contributed by atoms with Crippen LogP contribution in [0.4, 0.5) is 23.1 Å². The van der Waals surface area contributed by atoms with Crippen molar-refractivity contribution < 1.29 is 4.74 Å². The average Bonchev–Trinajstić information content (AvgIpc) is 2.71. The van der Waals surface area contributed by atoms with Crippen molar-refractivity contribution in [2.75, 3.05) is 10.6 Å². The van der Waals surface area contributed by atoms with Gasteiger partial charge in [-0.2, -0.15) is 10.1 Å². The molecule has 138 valence electrons. The molecule has 0 spiro atoms. The lowest BCUT2D eigenvalue weighted by Gasteiger charge is -2.12. The first-order valence-electron chi connectivity index (χ1n) is 8.89. The molecule has 1 aromatic heterocycles. The Morgan fingerprint density at radius 2 is 1.64 bits per heavy atom. The molecule has 0 fully saturated rings. The number of benzene rings is 3. The summed E-state index contributed by atoms with van der Waals surface area (Å²) in [6, 6.07) is 25.3. The lowest BCUT2D eigenvalue weighted by molar-refractivity contribution is 0.485. The highest BCUT2D eigenvalue weighted by Gasteiger charge is 2.08. The summed E-state index contributed by atoms with van der Waals surface area (Å²) in [6.45, 7) is 2.04. The molecule has 0 aliphatic heterocycles. The van der Waals surface area contributed by atoms with Crippen molar-refractivity contribution in [2.24, 2.45) is 0 Å². The molecule has 0 amide bonds. The van der Waals surface area contributed by atoms with E-state index in [2.05, 4.69) is 25.8 Å². The lowest BCUT2D eigenvalue weighted by atomic mass is 10.2. The van der Waals surface area contributed by atoms with E-state index in [0.717, 1.165) is 22.7 Å². The molecule has 4 rings (SSSR count). The van der Waals surface area contributed by atoms with Crippen LogP contribution in [0.1, 0.15) is 5.56 Å². The summed E-state index contributed by atoms with van der Waals surface area (Å²) in [5.74, 6) is 2.41. The number of hydrogen-bond donors (Lipinski definition) is 2. The summed E-state index contributed by atoms with van der Waals surface area (Å²) in [6.07, 6.45) is 1.58. The van der Waals surface area contributed by atoms with Crippen LogP contribution in [-0.2, 0) is 0 Å². The quantitative estimate of drug-likeness (QED) is 0.470. The highest BCUT2D eigenvalue weighted by atomic mass is 16.5. The molecule has 0 aliphatic rings. The normalized spacial score (nSPS) is 10.3. The minimum Gasteiger partial charge on any atom is -0.455 e. The summed E-state index contributed by atoms with van der Waals surface area (Å²) in [5.41, 5.74) is 2.86. The van der Waals surface area contributed by atoms with Crippen LogP contribution in [0.2, 0.25) is 0 Å². The Morgan fingerprint density at radius 1 is 0.821 bits per heavy atom. The minimum absolute atomic E-state index is 0.377. The second-order valence-electron chi connectivity index (χ2n) is 6.20. The zero-order chi connectivity index (χ0) is 19.2. The third kappa shape index (κ3) is 4.42. The van der Waals surface area contributed by atoms with E-state index in [9.17, 15) is 0 Å². The van der Waals surface area contributed by atoms with E-state index in [1.54, 1.807) is 6.20 Å². The Balaban J connectivity index is 1.53. The maximum atomic E-state index is 5.97. The number of aromatic nitrogens is 3. The van der Waals surface area contributed by atoms with Crippen LogP contribution in [0, 0.1) is 6.92 Å². The van der Waals surface area contributed by atoms with Crippen molar-refractivity contribution >= 4 is 23.1 Å². The average molecular weight is 369 g/mol. The van der Waals surface area contributed by atoms with Gasteiger partial charge in [0.05, 0.1) is 11.9 Å². The van der Waals surface area contributed by atoms with Gasteiger partial charge in [-0.1, -0.05) is 42.5 Å². The maximum Gasteiger partial charge on any atom is 0.249 e. The van der Waals surface area contributed by atoms with Crippen molar-refractivity contribution in [3.05, 3.63) is 90.6 Å². The van der Waals surface area contributed by atoms with Gasteiger partial charge in [0, 0.05) is 5.69 Å². The van der Waals surface area contributed by atoms with Crippen LogP contribution in [-0.4, -0.2) is 15.2 Å². The summed E-state index contributed by atoms with van der Waals surface area (Å²) >= 11 is 0. The number of ether oxygens (including phenoxy) is 1. The van der Waals surface area contributed by atoms with Crippen molar-refractivity contribution in [1.82, 2.24) is 15.2 Å². The van der Waals surface area contributed by atoms with Gasteiger partial charge in [0.1, 0.15) is 5.75 Å². The van der Waals surface area contributed by atoms with Gasteiger partial charge in [0.15, 0.2) is 11.6 Å². The Bertz CT molecular complexity index is 1070. The molecular formula is C22H19N5O. The summed E-state index contributed by atoms with van der Waals surface area (Å²) in [7, 11) is 0. The molecule has 2 N–H and O–H groups in total. The molecule has 4 aromatic rings. The molecular weight excluding hydrogens is 350 g/mol. The largest absolute Gasteiger partial charge is 0.455 e. The molecule has 3 aromatic carbocycles. The van der Waals surface area contributed by atoms with Crippen LogP contribution in [0.3, 0.4) is 0 Å². The predicted octanol–water partition coefficient (Wildman–Crippen LogP) is 5.46. The van der Waals surface area contributed by atoms with Crippen molar-refractivity contribution in [3.8, 4) is 11.5 Å². The SMILES string of the molecule is Cc1cccc(Nc2cnnc(Nc3ccccc3Oc3ccccc3)n2)c1. The topological polar surface area (TPSA) is 72.0 Å². The fourth-order valence-electron chi connectivity index (χ4n) is 2.68. The molecule has 6 nitrogen and oxygen atoms in total. The van der Waals surface area contributed by atoms with Gasteiger partial charge in [-0.25, -0.2) is 0 Å². The third-order valence-corrected chi connectivity index (χ3v) is 3.95. The number of hydrogen-bond acceptors (Lipinski definition) is 6. The molecule has 0 unspecified atom stereocenters. The summed E-state index contributed by atoms with van der Waals surface area (Å²) < 4.78 is 5.97. The monoisotopic (exact) mass is 369 g/mol. The highest BCUT2D eigenvalue weighted by Crippen LogP contribution is 2.30. The van der Waals surface area contributed by atoms with Gasteiger partial charge in [-0.15, -0.1) is 5.10 Å². The van der Waals surface area contributed by atoms with E-state index in [1.165, 1.54) is 0 Å². The van der Waals surface area contributed by atoms with Crippen LogP contribution in [0.5, 0.6) is 11.5 Å². The van der Waals surface area contributed by atoms with E-state index in [0.29, 0.717) is 17.5 Å². The zero-order valence-corrected chi connectivity index (χ0v) is 15.3. The number of anilines is 4. The number of aryl methyl sites for hydroxylation is 1. The van der Waals surface area contributed by atoms with Gasteiger partial charge in [-0.05, 0) is 48.9 Å². The lowest BCUT2D eigenvalue weighted by Crippen LogP contribution is -2.03. The third-order valence-electron chi connectivity index (χ3n) is 3.95. The highest BCUT2D eigenvalue weighted by molar-refractivity contribution is 5.64. The summed E-state index contributed by atoms with van der Waals surface area (Å²) in [4.78, 5) is 4.49. The van der Waals surface area contributed by atoms with Gasteiger partial charge >= 0.3 is 0 Å². The number of rotatable bonds is 6. The molecule has 0 saturated carbocycles. The van der Waals surface area contributed by atoms with E-state index < -0.39 is 0 Å². The standard InChI is InChI=1S/C22H19N5O/c1-16-8-7-9-17(14-16)24-21-15-23-27-22(26-21)25-19-12-5-6-13-20(19)28-18-10-3-2-4-11-18/h2-15H,1H3,(H2,24,25,26,27). The predicted molar refractivity (Wildman–Crippen MR) is 111 cm³/mol. The van der Waals surface area contributed by atoms with Gasteiger partial charge < -0.3 is 15.4 Å². The first-order chi connectivity index (χ1) is 13.8. The van der Waals surface area contributed by atoms with Crippen LogP contribution in [0.25, 0.3) is 0 Å². The van der Waals surface area contributed by atoms with Crippen LogP contribution in [0.15, 0.2) is 85.1 Å². The molecule has 0 saturated heterocycles. The maximum absolute atomic E-state index is 5.97. The van der Waals surface area contributed by atoms with Crippen molar-refractivity contribution in [3.63, 3.8) is 0 Å². The van der Waals surface area contributed by atoms with Gasteiger partial charge in [-0.3, -0.25) is 0 Å². The molecule has 1 heterocycles. The fourth-order valence-corrected chi connectivity index (χ4v) is 2.68. The smallest absolute Gasteiger partial charge is 0.249 e. The van der Waals surface area contributed by atoms with Crippen LogP contribution < -0.4 is 15.4 Å². The van der Waals surface area contributed by atoms with Crippen molar-refractivity contribution in [2.45, 2.75) is 6.92 Å². The van der Waals surface area contributed by atoms with E-state index in [4.69, 9.17) is 4.74 Å². The molecule has 0 aliphatic carbocycles. The summed E-state index contributed by atoms with van der Waals surface area (Å²) in [5, 5.41) is 14.5. The number of para-hydroxylation sites is 3. The first-order valence-corrected chi connectivity index (χ1v) is 8.89. The van der Waals surface area contributed by atoms with Crippen LogP contribution >= 0.6 is 0 Å². The molecule has 0 radical (unpaired) electrons. The van der Waals surface area contributed by atoms with Gasteiger partial charge in [0.25, 0.3) is 0 Å². The zero-order valence-electron chi connectivity index (χ0n) is 15.3. The molecule has 0 atom stereocenters. The minimum atomic E-state index is 0.377. The fraction of sp³-hybridized carbons (Fsp3) is 0.0455. The Kier molecular flexibility index (Phi) is 5.11. The molecule has 6 heteroatoms. The second kappa shape index (κ2) is 8.18. The van der Waals surface area contributed by atoms with Crippen molar-refractivity contribution in [1.29, 1.82) is 0 Å². The van der Waals surface area contributed by atoms with Gasteiger partial charge in [0.2, 0.25) is 5.95 Å². The second-order valence-corrected chi connectivity index (χ2v) is 6.20. The molecule has 0 bridgehead atoms. The Morgan fingerprint density at radius 3 is 2.50 bits per heavy atom. The number of nitrogens with zero attached hydrogens (tertiary/aromatic N) is 3.